The molecule has 0 radical (unpaired) electrons. The summed E-state index contributed by atoms with van der Waals surface area (Å²) < 4.78 is 0. The third kappa shape index (κ3) is 1.71. The van der Waals surface area contributed by atoms with Crippen LogP contribution >= 0.6 is 11.6 Å². The molecular formula is C14H19ClO. The number of aromatic hydroxyl groups is 1. The number of hydrogen-bond donors (Lipinski definition) is 1. The van der Waals surface area contributed by atoms with Crippen molar-refractivity contribution in [3.8, 4) is 5.75 Å². The average molecular weight is 239 g/mol. The van der Waals surface area contributed by atoms with E-state index in [0.717, 1.165) is 11.1 Å². The highest BCUT2D eigenvalue weighted by atomic mass is 35.5. The maximum atomic E-state index is 10.0. The maximum Gasteiger partial charge on any atom is 0.137 e. The predicted molar refractivity (Wildman–Crippen MR) is 68.5 cm³/mol. The van der Waals surface area contributed by atoms with Crippen LogP contribution in [0.4, 0.5) is 0 Å². The summed E-state index contributed by atoms with van der Waals surface area (Å²) in [7, 11) is 0. The van der Waals surface area contributed by atoms with Crippen molar-refractivity contribution in [2.75, 3.05) is 0 Å². The lowest BCUT2D eigenvalue weighted by Crippen LogP contribution is -2.05. The minimum absolute atomic E-state index is 0.266. The van der Waals surface area contributed by atoms with Crippen LogP contribution in [0, 0.1) is 6.92 Å². The van der Waals surface area contributed by atoms with Crippen LogP contribution in [0.25, 0.3) is 0 Å². The topological polar surface area (TPSA) is 20.2 Å². The summed E-state index contributed by atoms with van der Waals surface area (Å²) in [4.78, 5) is 0. The van der Waals surface area contributed by atoms with E-state index >= 15 is 0 Å². The summed E-state index contributed by atoms with van der Waals surface area (Å²) >= 11 is 6.22. The SMILES string of the molecule is Cc1c(C2(C)CC2)cc(C(C)C)c(O)c1Cl. The Balaban J connectivity index is 2.62. The van der Waals surface area contributed by atoms with Crippen LogP contribution < -0.4 is 0 Å². The lowest BCUT2D eigenvalue weighted by Gasteiger charge is -2.19. The van der Waals surface area contributed by atoms with Gasteiger partial charge < -0.3 is 5.11 Å². The molecule has 1 aromatic carbocycles. The quantitative estimate of drug-likeness (QED) is 0.803. The molecule has 1 aromatic rings. The van der Waals surface area contributed by atoms with Crippen molar-refractivity contribution in [1.29, 1.82) is 0 Å². The smallest absolute Gasteiger partial charge is 0.137 e. The number of halogens is 1. The molecule has 0 aromatic heterocycles. The van der Waals surface area contributed by atoms with Crippen LogP contribution in [0.5, 0.6) is 5.75 Å². The molecule has 1 aliphatic rings. The summed E-state index contributed by atoms with van der Waals surface area (Å²) in [6.45, 7) is 8.44. The van der Waals surface area contributed by atoms with Gasteiger partial charge in [0.25, 0.3) is 0 Å². The van der Waals surface area contributed by atoms with Gasteiger partial charge in [-0.3, -0.25) is 0 Å². The van der Waals surface area contributed by atoms with Crippen molar-refractivity contribution in [2.24, 2.45) is 0 Å². The van der Waals surface area contributed by atoms with E-state index < -0.39 is 0 Å². The number of benzene rings is 1. The summed E-state index contributed by atoms with van der Waals surface area (Å²) in [5.74, 6) is 0.571. The van der Waals surface area contributed by atoms with Crippen LogP contribution in [-0.4, -0.2) is 5.11 Å². The first-order chi connectivity index (χ1) is 7.37. The molecule has 2 rings (SSSR count). The third-order valence-corrected chi connectivity index (χ3v) is 4.25. The van der Waals surface area contributed by atoms with E-state index in [9.17, 15) is 5.11 Å². The van der Waals surface area contributed by atoms with Crippen molar-refractivity contribution in [1.82, 2.24) is 0 Å². The molecule has 1 fully saturated rings. The largest absolute Gasteiger partial charge is 0.506 e. The van der Waals surface area contributed by atoms with Gasteiger partial charge in [0.1, 0.15) is 5.75 Å². The molecule has 1 nitrogen and oxygen atoms in total. The molecular weight excluding hydrogens is 220 g/mol. The van der Waals surface area contributed by atoms with E-state index in [1.165, 1.54) is 18.4 Å². The Labute approximate surface area is 102 Å². The first kappa shape index (κ1) is 11.8. The Hall–Kier alpha value is -0.690. The molecule has 1 saturated carbocycles. The molecule has 1 aliphatic carbocycles. The van der Waals surface area contributed by atoms with Crippen molar-refractivity contribution >= 4 is 11.6 Å². The summed E-state index contributed by atoms with van der Waals surface area (Å²) in [5, 5.41) is 10.6. The second kappa shape index (κ2) is 3.66. The minimum atomic E-state index is 0.266. The first-order valence-electron chi connectivity index (χ1n) is 5.89. The Morgan fingerprint density at radius 1 is 1.38 bits per heavy atom. The standard InChI is InChI=1S/C14H19ClO/c1-8(2)10-7-11(14(4)5-6-14)9(3)12(15)13(10)16/h7-8,16H,5-6H2,1-4H3. The second-order valence-electron chi connectivity index (χ2n) is 5.52. The fourth-order valence-electron chi connectivity index (χ4n) is 2.28. The van der Waals surface area contributed by atoms with Gasteiger partial charge in [0.05, 0.1) is 5.02 Å². The Morgan fingerprint density at radius 2 is 1.94 bits per heavy atom. The first-order valence-corrected chi connectivity index (χ1v) is 6.27. The highest BCUT2D eigenvalue weighted by molar-refractivity contribution is 6.33. The second-order valence-corrected chi connectivity index (χ2v) is 5.89. The normalized spacial score (nSPS) is 17.9. The molecule has 0 bridgehead atoms. The van der Waals surface area contributed by atoms with Crippen LogP contribution in [-0.2, 0) is 5.41 Å². The predicted octanol–water partition coefficient (Wildman–Crippen LogP) is 4.53. The molecule has 2 heteroatoms. The van der Waals surface area contributed by atoms with Gasteiger partial charge >= 0.3 is 0 Å². The zero-order valence-corrected chi connectivity index (χ0v) is 11.2. The third-order valence-electron chi connectivity index (χ3n) is 3.79. The molecule has 88 valence electrons. The van der Waals surface area contributed by atoms with Gasteiger partial charge in [-0.15, -0.1) is 0 Å². The fraction of sp³-hybridized carbons (Fsp3) is 0.571. The van der Waals surface area contributed by atoms with Gasteiger partial charge in [0.15, 0.2) is 0 Å². The Morgan fingerprint density at radius 3 is 2.38 bits per heavy atom. The molecule has 0 aliphatic heterocycles. The number of phenols is 1. The molecule has 0 unspecified atom stereocenters. The molecule has 0 saturated heterocycles. The minimum Gasteiger partial charge on any atom is -0.506 e. The fourth-order valence-corrected chi connectivity index (χ4v) is 2.49. The van der Waals surface area contributed by atoms with E-state index in [2.05, 4.69) is 26.8 Å². The van der Waals surface area contributed by atoms with Crippen LogP contribution in [0.1, 0.15) is 56.2 Å². The molecule has 16 heavy (non-hydrogen) atoms. The molecule has 1 N–H and O–H groups in total. The van der Waals surface area contributed by atoms with Gasteiger partial charge in [0.2, 0.25) is 0 Å². The van der Waals surface area contributed by atoms with Crippen molar-refractivity contribution in [3.05, 3.63) is 27.8 Å². The van der Waals surface area contributed by atoms with Crippen LogP contribution in [0.15, 0.2) is 6.07 Å². The van der Waals surface area contributed by atoms with Gasteiger partial charge in [-0.25, -0.2) is 0 Å². The van der Waals surface area contributed by atoms with E-state index in [4.69, 9.17) is 11.6 Å². The van der Waals surface area contributed by atoms with Crippen molar-refractivity contribution < 1.29 is 5.11 Å². The lowest BCUT2D eigenvalue weighted by molar-refractivity contribution is 0.464. The van der Waals surface area contributed by atoms with E-state index in [1.807, 2.05) is 6.92 Å². The van der Waals surface area contributed by atoms with E-state index in [0.29, 0.717) is 16.4 Å². The maximum absolute atomic E-state index is 10.0. The van der Waals surface area contributed by atoms with Gasteiger partial charge in [-0.1, -0.05) is 38.4 Å². The average Bonchev–Trinajstić information content (AvgIpc) is 2.93. The Bertz CT molecular complexity index is 431. The zero-order chi connectivity index (χ0) is 12.1. The lowest BCUT2D eigenvalue weighted by atomic mass is 9.88. The summed E-state index contributed by atoms with van der Waals surface area (Å²) in [6.07, 6.45) is 2.46. The van der Waals surface area contributed by atoms with Gasteiger partial charge in [0, 0.05) is 0 Å². The molecule has 0 heterocycles. The highest BCUT2D eigenvalue weighted by Crippen LogP contribution is 2.51. The van der Waals surface area contributed by atoms with Crippen molar-refractivity contribution in [3.63, 3.8) is 0 Å². The summed E-state index contributed by atoms with van der Waals surface area (Å²) in [5.41, 5.74) is 3.63. The van der Waals surface area contributed by atoms with Crippen LogP contribution in [0.3, 0.4) is 0 Å². The van der Waals surface area contributed by atoms with Gasteiger partial charge in [-0.2, -0.15) is 0 Å². The highest BCUT2D eigenvalue weighted by Gasteiger charge is 2.41. The zero-order valence-electron chi connectivity index (χ0n) is 10.4. The number of rotatable bonds is 2. The monoisotopic (exact) mass is 238 g/mol. The van der Waals surface area contributed by atoms with Crippen molar-refractivity contribution in [2.45, 2.75) is 51.9 Å². The van der Waals surface area contributed by atoms with E-state index in [1.54, 1.807) is 0 Å². The molecule has 0 amide bonds. The molecule has 0 atom stereocenters. The summed E-state index contributed by atoms with van der Waals surface area (Å²) in [6, 6.07) is 2.15. The van der Waals surface area contributed by atoms with Crippen LogP contribution in [0.2, 0.25) is 5.02 Å². The van der Waals surface area contributed by atoms with E-state index in [-0.39, 0.29) is 5.75 Å². The number of phenolic OH excluding ortho intramolecular Hbond substituents is 1. The molecule has 0 spiro atoms. The van der Waals surface area contributed by atoms with Gasteiger partial charge in [-0.05, 0) is 47.8 Å². The Kier molecular flexibility index (Phi) is 2.70. The number of hydrogen-bond acceptors (Lipinski definition) is 1.